The molecule has 0 heterocycles. The highest BCUT2D eigenvalue weighted by molar-refractivity contribution is 7.98. The Bertz CT molecular complexity index is 707. The summed E-state index contributed by atoms with van der Waals surface area (Å²) in [5.41, 5.74) is 5.93. The Kier molecular flexibility index (Phi) is 15.2. The van der Waals surface area contributed by atoms with Gasteiger partial charge in [0.25, 0.3) is 0 Å². The first-order valence-corrected chi connectivity index (χ1v) is 12.9. The highest BCUT2D eigenvalue weighted by Gasteiger charge is 2.34. The molecule has 0 spiro atoms. The van der Waals surface area contributed by atoms with Crippen LogP contribution in [0.3, 0.4) is 0 Å². The van der Waals surface area contributed by atoms with Gasteiger partial charge < -0.3 is 31.9 Å². The lowest BCUT2D eigenvalue weighted by Gasteiger charge is -2.30. The number of hydrogen-bond donors (Lipinski definition) is 6. The molecule has 12 heteroatoms. The lowest BCUT2D eigenvalue weighted by atomic mass is 9.94. The molecule has 0 radical (unpaired) electrons. The summed E-state index contributed by atoms with van der Waals surface area (Å²) < 4.78 is 0. The number of carbonyl (C=O) groups is 5. The van der Waals surface area contributed by atoms with Gasteiger partial charge in [0.15, 0.2) is 0 Å². The van der Waals surface area contributed by atoms with Crippen molar-refractivity contribution in [1.82, 2.24) is 16.0 Å². The summed E-state index contributed by atoms with van der Waals surface area (Å²) in [7, 11) is 0. The summed E-state index contributed by atoms with van der Waals surface area (Å²) >= 11 is 1.55. The Labute approximate surface area is 205 Å². The zero-order valence-electron chi connectivity index (χ0n) is 20.6. The second-order valence-electron chi connectivity index (χ2n) is 8.46. The predicted octanol–water partition coefficient (Wildman–Crippen LogP) is 0.563. The number of carboxylic acids is 2. The minimum atomic E-state index is -1.41. The van der Waals surface area contributed by atoms with E-state index in [1.165, 1.54) is 0 Å². The van der Waals surface area contributed by atoms with Gasteiger partial charge in [-0.25, -0.2) is 4.79 Å². The van der Waals surface area contributed by atoms with Gasteiger partial charge in [-0.3, -0.25) is 19.2 Å². The summed E-state index contributed by atoms with van der Waals surface area (Å²) in [6, 6.07) is -4.19. The van der Waals surface area contributed by atoms with Gasteiger partial charge >= 0.3 is 11.9 Å². The number of nitrogens with two attached hydrogens (primary N) is 1. The number of aliphatic carboxylic acids is 2. The third-order valence-corrected chi connectivity index (χ3v) is 6.46. The first-order valence-electron chi connectivity index (χ1n) is 11.5. The van der Waals surface area contributed by atoms with Crippen LogP contribution in [-0.2, 0) is 24.0 Å². The molecule has 3 amide bonds. The minimum absolute atomic E-state index is 0.250. The first-order chi connectivity index (χ1) is 15.9. The summed E-state index contributed by atoms with van der Waals surface area (Å²) in [5, 5.41) is 25.8. The van der Waals surface area contributed by atoms with Crippen LogP contribution in [0, 0.1) is 11.8 Å². The van der Waals surface area contributed by atoms with E-state index in [9.17, 15) is 29.1 Å². The van der Waals surface area contributed by atoms with E-state index >= 15 is 0 Å². The van der Waals surface area contributed by atoms with Crippen molar-refractivity contribution < 1.29 is 34.2 Å². The van der Waals surface area contributed by atoms with E-state index in [0.29, 0.717) is 25.0 Å². The lowest BCUT2D eigenvalue weighted by Crippen LogP contribution is -2.60. The molecule has 0 aromatic carbocycles. The Hall–Kier alpha value is -2.34. The van der Waals surface area contributed by atoms with E-state index in [-0.39, 0.29) is 18.3 Å². The second kappa shape index (κ2) is 16.3. The van der Waals surface area contributed by atoms with Crippen LogP contribution in [0.25, 0.3) is 0 Å². The van der Waals surface area contributed by atoms with Gasteiger partial charge in [-0.05, 0) is 36.7 Å². The van der Waals surface area contributed by atoms with Crippen LogP contribution in [0.5, 0.6) is 0 Å². The highest BCUT2D eigenvalue weighted by Crippen LogP contribution is 2.13. The molecular weight excluding hydrogens is 464 g/mol. The van der Waals surface area contributed by atoms with Gasteiger partial charge in [-0.1, -0.05) is 40.5 Å². The molecule has 6 atom stereocenters. The molecule has 0 aliphatic carbocycles. The van der Waals surface area contributed by atoms with Crippen LogP contribution < -0.4 is 21.7 Å². The molecule has 0 aliphatic rings. The van der Waals surface area contributed by atoms with Crippen LogP contribution in [-0.4, -0.2) is 76.0 Å². The van der Waals surface area contributed by atoms with Crippen molar-refractivity contribution in [2.45, 2.75) is 84.0 Å². The number of carboxylic acid groups (broad SMARTS) is 2. The van der Waals surface area contributed by atoms with Gasteiger partial charge in [-0.2, -0.15) is 11.8 Å². The van der Waals surface area contributed by atoms with Crippen molar-refractivity contribution in [2.75, 3.05) is 12.0 Å². The molecule has 0 fully saturated rings. The fourth-order valence-electron chi connectivity index (χ4n) is 3.07. The highest BCUT2D eigenvalue weighted by atomic mass is 32.2. The van der Waals surface area contributed by atoms with Crippen molar-refractivity contribution in [3.63, 3.8) is 0 Å². The molecule has 0 bridgehead atoms. The van der Waals surface area contributed by atoms with E-state index in [0.717, 1.165) is 0 Å². The summed E-state index contributed by atoms with van der Waals surface area (Å²) in [6.45, 7) is 7.20. The predicted molar refractivity (Wildman–Crippen MR) is 130 cm³/mol. The molecule has 0 saturated heterocycles. The molecule has 11 nitrogen and oxygen atoms in total. The fourth-order valence-corrected chi connectivity index (χ4v) is 3.56. The van der Waals surface area contributed by atoms with E-state index in [4.69, 9.17) is 10.8 Å². The molecule has 7 N–H and O–H groups in total. The normalized spacial score (nSPS) is 16.3. The zero-order valence-corrected chi connectivity index (χ0v) is 21.4. The summed E-state index contributed by atoms with van der Waals surface area (Å²) in [4.78, 5) is 60.8. The van der Waals surface area contributed by atoms with Gasteiger partial charge in [0.1, 0.15) is 18.1 Å². The third kappa shape index (κ3) is 11.2. The monoisotopic (exact) mass is 504 g/mol. The zero-order chi connectivity index (χ0) is 26.4. The molecule has 6 unspecified atom stereocenters. The van der Waals surface area contributed by atoms with E-state index < -0.39 is 60.2 Å². The van der Waals surface area contributed by atoms with Crippen LogP contribution in [0.15, 0.2) is 0 Å². The summed E-state index contributed by atoms with van der Waals surface area (Å²) in [6.07, 6.45) is 2.71. The maximum Gasteiger partial charge on any atom is 0.326 e. The average Bonchev–Trinajstić information content (AvgIpc) is 2.79. The number of amides is 3. The number of hydrogen-bond acceptors (Lipinski definition) is 7. The number of carbonyl (C=O) groups excluding carboxylic acids is 3. The van der Waals surface area contributed by atoms with E-state index in [1.807, 2.05) is 20.1 Å². The van der Waals surface area contributed by atoms with Crippen LogP contribution >= 0.6 is 11.8 Å². The number of thioether (sulfide) groups is 1. The Morgan fingerprint density at radius 3 is 1.71 bits per heavy atom. The molecular formula is C22H40N4O7S. The third-order valence-electron chi connectivity index (χ3n) is 5.82. The topological polar surface area (TPSA) is 188 Å². The minimum Gasteiger partial charge on any atom is -0.481 e. The fraction of sp³-hybridized carbons (Fsp3) is 0.773. The van der Waals surface area contributed by atoms with Crippen LogP contribution in [0.2, 0.25) is 0 Å². The Morgan fingerprint density at radius 1 is 0.824 bits per heavy atom. The first kappa shape index (κ1) is 31.7. The molecule has 0 rings (SSSR count). The van der Waals surface area contributed by atoms with E-state index in [1.54, 1.807) is 25.6 Å². The smallest absolute Gasteiger partial charge is 0.326 e. The standard InChI is InChI=1S/C22H40N4O7S/c1-6-12(3)17(20(30)24-15(22(32)33)8-9-16(27)28)26-21(31)18(13(4)7-2)25-19(29)14(23)10-11-34-5/h12-15,17-18H,6-11,23H2,1-5H3,(H,24,30)(H,25,29)(H,26,31)(H,27,28)(H,32,33). The van der Waals surface area contributed by atoms with Crippen molar-refractivity contribution in [3.05, 3.63) is 0 Å². The van der Waals surface area contributed by atoms with Crippen molar-refractivity contribution in [1.29, 1.82) is 0 Å². The van der Waals surface area contributed by atoms with Crippen molar-refractivity contribution in [3.8, 4) is 0 Å². The molecule has 0 aliphatic heterocycles. The Balaban J connectivity index is 5.56. The van der Waals surface area contributed by atoms with Gasteiger partial charge in [0.05, 0.1) is 6.04 Å². The second-order valence-corrected chi connectivity index (χ2v) is 9.45. The maximum absolute atomic E-state index is 13.1. The molecule has 0 saturated carbocycles. The van der Waals surface area contributed by atoms with Gasteiger partial charge in [0, 0.05) is 6.42 Å². The molecule has 196 valence electrons. The van der Waals surface area contributed by atoms with Crippen LogP contribution in [0.4, 0.5) is 0 Å². The maximum atomic E-state index is 13.1. The van der Waals surface area contributed by atoms with E-state index in [2.05, 4.69) is 16.0 Å². The van der Waals surface area contributed by atoms with Crippen LogP contribution in [0.1, 0.15) is 59.8 Å². The molecule has 0 aromatic rings. The van der Waals surface area contributed by atoms with Gasteiger partial charge in [0.2, 0.25) is 17.7 Å². The van der Waals surface area contributed by atoms with Crippen molar-refractivity contribution >= 4 is 41.4 Å². The number of rotatable bonds is 17. The van der Waals surface area contributed by atoms with Crippen molar-refractivity contribution in [2.24, 2.45) is 17.6 Å². The lowest BCUT2D eigenvalue weighted by molar-refractivity contribution is -0.143. The average molecular weight is 505 g/mol. The summed E-state index contributed by atoms with van der Waals surface area (Å²) in [5.74, 6) is -4.22. The largest absolute Gasteiger partial charge is 0.481 e. The number of nitrogens with one attached hydrogen (secondary N) is 3. The Morgan fingerprint density at radius 2 is 1.29 bits per heavy atom. The van der Waals surface area contributed by atoms with Gasteiger partial charge in [-0.15, -0.1) is 0 Å². The SMILES string of the molecule is CCC(C)C(NC(=O)C(N)CCSC)C(=O)NC(C(=O)NC(CCC(=O)O)C(=O)O)C(C)CC. The molecule has 0 aromatic heterocycles. The quantitative estimate of drug-likeness (QED) is 0.164. The molecule has 34 heavy (non-hydrogen) atoms.